The second kappa shape index (κ2) is 7.03. The number of piperazine rings is 1. The Morgan fingerprint density at radius 2 is 1.70 bits per heavy atom. The fraction of sp³-hybridized carbons (Fsp3) is 0.238. The van der Waals surface area contributed by atoms with Crippen LogP contribution in [0.5, 0.6) is 0 Å². The van der Waals surface area contributed by atoms with Crippen molar-refractivity contribution in [3.63, 3.8) is 0 Å². The van der Waals surface area contributed by atoms with Crippen molar-refractivity contribution in [1.29, 1.82) is 0 Å². The summed E-state index contributed by atoms with van der Waals surface area (Å²) in [6.45, 7) is 4.11. The van der Waals surface area contributed by atoms with Crippen LogP contribution in [0.3, 0.4) is 0 Å². The predicted molar refractivity (Wildman–Crippen MR) is 116 cm³/mol. The van der Waals surface area contributed by atoms with Crippen molar-refractivity contribution in [3.8, 4) is 21.8 Å². The number of rotatable bonds is 3. The summed E-state index contributed by atoms with van der Waals surface area (Å²) >= 11 is 3.41. The van der Waals surface area contributed by atoms with E-state index in [1.807, 2.05) is 0 Å². The van der Waals surface area contributed by atoms with Crippen molar-refractivity contribution in [3.05, 3.63) is 53.2 Å². The summed E-state index contributed by atoms with van der Waals surface area (Å²) in [7, 11) is 2.18. The Kier molecular flexibility index (Phi) is 4.39. The molecule has 4 nitrogen and oxygen atoms in total. The highest BCUT2D eigenvalue weighted by Gasteiger charge is 2.23. The Bertz CT molecular complexity index is 1050. The second-order valence-corrected chi connectivity index (χ2v) is 8.64. The summed E-state index contributed by atoms with van der Waals surface area (Å²) in [5, 5.41) is 5.50. The van der Waals surface area contributed by atoms with Gasteiger partial charge < -0.3 is 9.80 Å². The van der Waals surface area contributed by atoms with Gasteiger partial charge in [-0.3, -0.25) is 0 Å². The minimum Gasteiger partial charge on any atom is -0.353 e. The molecule has 4 aromatic rings. The number of likely N-dealkylation sites (N-methyl/N-ethyl adjacent to an activating group) is 1. The molecular formula is C21H20N4S2. The quantitative estimate of drug-likeness (QED) is 0.499. The van der Waals surface area contributed by atoms with Crippen LogP contribution in [0.2, 0.25) is 0 Å². The van der Waals surface area contributed by atoms with Gasteiger partial charge in [-0.1, -0.05) is 36.4 Å². The van der Waals surface area contributed by atoms with E-state index in [4.69, 9.17) is 9.97 Å². The molecule has 1 saturated heterocycles. The molecule has 0 radical (unpaired) electrons. The molecule has 6 heteroatoms. The fourth-order valence-corrected chi connectivity index (χ4v) is 5.12. The van der Waals surface area contributed by atoms with E-state index < -0.39 is 0 Å². The average molecular weight is 393 g/mol. The van der Waals surface area contributed by atoms with Crippen LogP contribution >= 0.6 is 22.7 Å². The molecule has 1 aliphatic rings. The van der Waals surface area contributed by atoms with Crippen molar-refractivity contribution in [1.82, 2.24) is 14.9 Å². The molecule has 27 heavy (non-hydrogen) atoms. The standard InChI is InChI=1S/C21H20N4S2/c1-24-9-11-25(12-10-24)20-18-16(15-6-3-2-4-7-15)14-27-21(18)23-19(22-20)17-8-5-13-26-17/h2-8,13-14H,9-12H2,1H3. The number of fused-ring (bicyclic) bond motifs is 1. The first-order valence-corrected chi connectivity index (χ1v) is 10.9. The molecule has 1 fully saturated rings. The molecular weight excluding hydrogens is 372 g/mol. The molecule has 0 atom stereocenters. The van der Waals surface area contributed by atoms with Crippen LogP contribution < -0.4 is 4.90 Å². The van der Waals surface area contributed by atoms with E-state index in [2.05, 4.69) is 70.1 Å². The minimum absolute atomic E-state index is 0.841. The number of hydrogen-bond acceptors (Lipinski definition) is 6. The van der Waals surface area contributed by atoms with Crippen LogP contribution in [-0.2, 0) is 0 Å². The number of hydrogen-bond donors (Lipinski definition) is 0. The van der Waals surface area contributed by atoms with Gasteiger partial charge in [0.05, 0.1) is 10.3 Å². The van der Waals surface area contributed by atoms with Crippen LogP contribution in [0.25, 0.3) is 32.0 Å². The van der Waals surface area contributed by atoms with Gasteiger partial charge in [-0.05, 0) is 24.1 Å². The lowest BCUT2D eigenvalue weighted by Crippen LogP contribution is -2.45. The lowest BCUT2D eigenvalue weighted by atomic mass is 10.1. The first-order valence-electron chi connectivity index (χ1n) is 9.11. The third-order valence-corrected chi connectivity index (χ3v) is 6.78. The lowest BCUT2D eigenvalue weighted by Gasteiger charge is -2.33. The number of nitrogens with zero attached hydrogens (tertiary/aromatic N) is 4. The van der Waals surface area contributed by atoms with Gasteiger partial charge in [0, 0.05) is 37.1 Å². The highest BCUT2D eigenvalue weighted by molar-refractivity contribution is 7.17. The zero-order valence-corrected chi connectivity index (χ0v) is 16.8. The van der Waals surface area contributed by atoms with E-state index in [1.54, 1.807) is 22.7 Å². The van der Waals surface area contributed by atoms with E-state index in [-0.39, 0.29) is 0 Å². The summed E-state index contributed by atoms with van der Waals surface area (Å²) in [5.41, 5.74) is 2.47. The first kappa shape index (κ1) is 16.9. The van der Waals surface area contributed by atoms with Gasteiger partial charge in [0.25, 0.3) is 0 Å². The van der Waals surface area contributed by atoms with Gasteiger partial charge in [-0.25, -0.2) is 9.97 Å². The van der Waals surface area contributed by atoms with Gasteiger partial charge in [-0.2, -0.15) is 0 Å². The normalized spacial score (nSPS) is 15.5. The molecule has 1 aliphatic heterocycles. The third-order valence-electron chi connectivity index (χ3n) is 5.04. The average Bonchev–Trinajstić information content (AvgIpc) is 3.39. The van der Waals surface area contributed by atoms with Crippen LogP contribution in [0.15, 0.2) is 53.2 Å². The highest BCUT2D eigenvalue weighted by Crippen LogP contribution is 2.40. The topological polar surface area (TPSA) is 32.3 Å². The molecule has 136 valence electrons. The maximum absolute atomic E-state index is 5.06. The zero-order chi connectivity index (χ0) is 18.2. The smallest absolute Gasteiger partial charge is 0.173 e. The number of anilines is 1. The summed E-state index contributed by atoms with van der Waals surface area (Å²) in [5.74, 6) is 1.92. The molecule has 0 unspecified atom stereocenters. The Balaban J connectivity index is 1.71. The second-order valence-electron chi connectivity index (χ2n) is 6.83. The van der Waals surface area contributed by atoms with Gasteiger partial charge in [0.2, 0.25) is 0 Å². The SMILES string of the molecule is CN1CCN(c2nc(-c3cccs3)nc3scc(-c4ccccc4)c23)CC1. The van der Waals surface area contributed by atoms with Gasteiger partial charge >= 0.3 is 0 Å². The number of thiophene rings is 2. The number of benzene rings is 1. The zero-order valence-electron chi connectivity index (χ0n) is 15.1. The lowest BCUT2D eigenvalue weighted by molar-refractivity contribution is 0.312. The summed E-state index contributed by atoms with van der Waals surface area (Å²) < 4.78 is 0. The molecule has 0 bridgehead atoms. The highest BCUT2D eigenvalue weighted by atomic mass is 32.1. The van der Waals surface area contributed by atoms with E-state index in [1.165, 1.54) is 16.5 Å². The summed E-state index contributed by atoms with van der Waals surface area (Å²) in [6.07, 6.45) is 0. The molecule has 0 saturated carbocycles. The van der Waals surface area contributed by atoms with Crippen molar-refractivity contribution in [2.75, 3.05) is 38.1 Å². The maximum Gasteiger partial charge on any atom is 0.173 e. The van der Waals surface area contributed by atoms with Crippen LogP contribution in [0.1, 0.15) is 0 Å². The van der Waals surface area contributed by atoms with Gasteiger partial charge in [-0.15, -0.1) is 22.7 Å². The molecule has 0 aliphatic carbocycles. The number of aromatic nitrogens is 2. The Labute approximate surface area is 166 Å². The molecule has 0 spiro atoms. The molecule has 0 N–H and O–H groups in total. The Hall–Kier alpha value is -2.28. The van der Waals surface area contributed by atoms with Gasteiger partial charge in [0.1, 0.15) is 10.6 Å². The van der Waals surface area contributed by atoms with Gasteiger partial charge in [0.15, 0.2) is 5.82 Å². The van der Waals surface area contributed by atoms with E-state index in [9.17, 15) is 0 Å². The Morgan fingerprint density at radius 3 is 2.44 bits per heavy atom. The van der Waals surface area contributed by atoms with Crippen LogP contribution in [0.4, 0.5) is 5.82 Å². The van der Waals surface area contributed by atoms with Crippen LogP contribution in [0, 0.1) is 0 Å². The van der Waals surface area contributed by atoms with E-state index in [0.717, 1.165) is 47.5 Å². The third kappa shape index (κ3) is 3.14. The maximum atomic E-state index is 5.06. The Morgan fingerprint density at radius 1 is 0.889 bits per heavy atom. The largest absolute Gasteiger partial charge is 0.353 e. The predicted octanol–water partition coefficient (Wildman–Crippen LogP) is 4.84. The molecule has 0 amide bonds. The van der Waals surface area contributed by atoms with Crippen molar-refractivity contribution in [2.24, 2.45) is 0 Å². The monoisotopic (exact) mass is 392 g/mol. The molecule has 5 rings (SSSR count). The summed E-state index contributed by atoms with van der Waals surface area (Å²) in [4.78, 5) is 17.0. The first-order chi connectivity index (χ1) is 13.3. The van der Waals surface area contributed by atoms with Crippen LogP contribution in [-0.4, -0.2) is 48.1 Å². The van der Waals surface area contributed by atoms with Crippen molar-refractivity contribution < 1.29 is 0 Å². The molecule has 1 aromatic carbocycles. The molecule has 3 aromatic heterocycles. The van der Waals surface area contributed by atoms with Crippen molar-refractivity contribution >= 4 is 38.7 Å². The van der Waals surface area contributed by atoms with E-state index >= 15 is 0 Å². The summed E-state index contributed by atoms with van der Waals surface area (Å²) in [6, 6.07) is 14.7. The van der Waals surface area contributed by atoms with Crippen molar-refractivity contribution in [2.45, 2.75) is 0 Å². The minimum atomic E-state index is 0.841. The van der Waals surface area contributed by atoms with E-state index in [0.29, 0.717) is 0 Å². The molecule has 4 heterocycles. The fourth-order valence-electron chi connectivity index (χ4n) is 3.52.